The molecule has 25 heavy (non-hydrogen) atoms. The molecule has 1 fully saturated rings. The average Bonchev–Trinajstić information content (AvgIpc) is 2.89. The van der Waals surface area contributed by atoms with Gasteiger partial charge in [0, 0.05) is 37.2 Å². The smallest absolute Gasteiger partial charge is 0.410 e. The van der Waals surface area contributed by atoms with E-state index in [0.29, 0.717) is 5.92 Å². The summed E-state index contributed by atoms with van der Waals surface area (Å²) in [6, 6.07) is 6.22. The fourth-order valence-electron chi connectivity index (χ4n) is 3.55. The fourth-order valence-corrected chi connectivity index (χ4v) is 3.55. The average molecular weight is 344 g/mol. The van der Waals surface area contributed by atoms with Crippen LogP contribution >= 0.6 is 0 Å². The molecule has 1 amide bonds. The maximum absolute atomic E-state index is 12.2. The van der Waals surface area contributed by atoms with E-state index in [1.165, 1.54) is 16.5 Å². The van der Waals surface area contributed by atoms with Crippen LogP contribution in [0.5, 0.6) is 5.75 Å². The quantitative estimate of drug-likeness (QED) is 0.816. The Morgan fingerprint density at radius 3 is 2.48 bits per heavy atom. The third kappa shape index (κ3) is 3.75. The number of carbonyl (C=O) groups is 1. The number of nitrogens with zero attached hydrogens (tertiary/aromatic N) is 2. The van der Waals surface area contributed by atoms with Gasteiger partial charge in [-0.25, -0.2) is 4.79 Å². The lowest BCUT2D eigenvalue weighted by Gasteiger charge is -2.33. The standard InChI is InChI=1S/C20H28N2O3/c1-20(2,3)25-19(23)22-10-8-14(9-11-22)17-13-21(4)18-7-6-15(24-5)12-16(17)18/h6-7,12-14H,8-11H2,1-5H3. The van der Waals surface area contributed by atoms with Crippen molar-refractivity contribution in [2.24, 2.45) is 7.05 Å². The zero-order chi connectivity index (χ0) is 18.2. The molecule has 0 radical (unpaired) electrons. The molecule has 136 valence electrons. The van der Waals surface area contributed by atoms with Crippen molar-refractivity contribution in [3.63, 3.8) is 0 Å². The number of amides is 1. The van der Waals surface area contributed by atoms with Crippen LogP contribution in [0, 0.1) is 0 Å². The van der Waals surface area contributed by atoms with E-state index in [9.17, 15) is 4.79 Å². The molecule has 0 saturated carbocycles. The molecule has 5 heteroatoms. The van der Waals surface area contributed by atoms with E-state index < -0.39 is 5.60 Å². The van der Waals surface area contributed by atoms with Crippen molar-refractivity contribution in [1.82, 2.24) is 9.47 Å². The minimum atomic E-state index is -0.444. The topological polar surface area (TPSA) is 43.7 Å². The Morgan fingerprint density at radius 2 is 1.88 bits per heavy atom. The first-order valence-electron chi connectivity index (χ1n) is 8.89. The number of rotatable bonds is 2. The summed E-state index contributed by atoms with van der Waals surface area (Å²) in [4.78, 5) is 14.1. The first-order valence-corrected chi connectivity index (χ1v) is 8.89. The summed E-state index contributed by atoms with van der Waals surface area (Å²) in [5.74, 6) is 1.33. The van der Waals surface area contributed by atoms with E-state index in [1.807, 2.05) is 31.7 Å². The Balaban J connectivity index is 1.75. The van der Waals surface area contributed by atoms with Crippen molar-refractivity contribution in [3.8, 4) is 5.75 Å². The summed E-state index contributed by atoms with van der Waals surface area (Å²) in [5, 5.41) is 1.25. The summed E-state index contributed by atoms with van der Waals surface area (Å²) in [7, 11) is 3.78. The molecular weight excluding hydrogens is 316 g/mol. The third-order valence-corrected chi connectivity index (χ3v) is 4.81. The van der Waals surface area contributed by atoms with Gasteiger partial charge in [0.2, 0.25) is 0 Å². The third-order valence-electron chi connectivity index (χ3n) is 4.81. The van der Waals surface area contributed by atoms with Gasteiger partial charge in [-0.2, -0.15) is 0 Å². The molecule has 0 bridgehead atoms. The fraction of sp³-hybridized carbons (Fsp3) is 0.550. The Bertz CT molecular complexity index is 765. The van der Waals surface area contributed by atoms with E-state index in [4.69, 9.17) is 9.47 Å². The summed E-state index contributed by atoms with van der Waals surface area (Å²) >= 11 is 0. The molecule has 2 heterocycles. The van der Waals surface area contributed by atoms with Crippen LogP contribution < -0.4 is 4.74 Å². The van der Waals surface area contributed by atoms with E-state index in [2.05, 4.69) is 29.9 Å². The minimum absolute atomic E-state index is 0.203. The van der Waals surface area contributed by atoms with Gasteiger partial charge in [0.05, 0.1) is 7.11 Å². The highest BCUT2D eigenvalue weighted by Gasteiger charge is 2.28. The van der Waals surface area contributed by atoms with Gasteiger partial charge in [0.25, 0.3) is 0 Å². The highest BCUT2D eigenvalue weighted by atomic mass is 16.6. The molecule has 3 rings (SSSR count). The molecule has 0 spiro atoms. The SMILES string of the molecule is COc1ccc2c(c1)c(C1CCN(C(=O)OC(C)(C)C)CC1)cn2C. The molecule has 1 aliphatic heterocycles. The number of fused-ring (bicyclic) bond motifs is 1. The first kappa shape index (κ1) is 17.6. The van der Waals surface area contributed by atoms with Crippen molar-refractivity contribution < 1.29 is 14.3 Å². The lowest BCUT2D eigenvalue weighted by atomic mass is 9.89. The largest absolute Gasteiger partial charge is 0.497 e. The van der Waals surface area contributed by atoms with Crippen LogP contribution in [0.2, 0.25) is 0 Å². The van der Waals surface area contributed by atoms with Crippen molar-refractivity contribution in [2.45, 2.75) is 45.1 Å². The summed E-state index contributed by atoms with van der Waals surface area (Å²) < 4.78 is 13.1. The van der Waals surface area contributed by atoms with Crippen LogP contribution in [0.3, 0.4) is 0 Å². The number of aromatic nitrogens is 1. The zero-order valence-electron chi connectivity index (χ0n) is 15.8. The molecule has 1 saturated heterocycles. The second kappa shape index (κ2) is 6.62. The van der Waals surface area contributed by atoms with Crippen LogP contribution in [-0.2, 0) is 11.8 Å². The minimum Gasteiger partial charge on any atom is -0.497 e. The lowest BCUT2D eigenvalue weighted by Crippen LogP contribution is -2.41. The number of piperidine rings is 1. The van der Waals surface area contributed by atoms with Crippen molar-refractivity contribution in [1.29, 1.82) is 0 Å². The van der Waals surface area contributed by atoms with Gasteiger partial charge in [0.1, 0.15) is 11.4 Å². The first-order chi connectivity index (χ1) is 11.8. The molecule has 0 N–H and O–H groups in total. The van der Waals surface area contributed by atoms with Gasteiger partial charge in [-0.1, -0.05) is 0 Å². The monoisotopic (exact) mass is 344 g/mol. The number of aryl methyl sites for hydroxylation is 1. The van der Waals surface area contributed by atoms with Crippen LogP contribution in [-0.4, -0.2) is 41.4 Å². The van der Waals surface area contributed by atoms with Crippen LogP contribution in [0.4, 0.5) is 4.79 Å². The van der Waals surface area contributed by atoms with Crippen LogP contribution in [0.15, 0.2) is 24.4 Å². The van der Waals surface area contributed by atoms with E-state index in [1.54, 1.807) is 7.11 Å². The van der Waals surface area contributed by atoms with E-state index in [-0.39, 0.29) is 6.09 Å². The molecule has 5 nitrogen and oxygen atoms in total. The number of hydrogen-bond acceptors (Lipinski definition) is 3. The van der Waals surface area contributed by atoms with Crippen LogP contribution in [0.25, 0.3) is 10.9 Å². The summed E-state index contributed by atoms with van der Waals surface area (Å²) in [6.07, 6.45) is 3.92. The van der Waals surface area contributed by atoms with Gasteiger partial charge in [0.15, 0.2) is 0 Å². The Morgan fingerprint density at radius 1 is 1.20 bits per heavy atom. The van der Waals surface area contributed by atoms with Gasteiger partial charge in [-0.15, -0.1) is 0 Å². The normalized spacial score (nSPS) is 16.3. The van der Waals surface area contributed by atoms with E-state index >= 15 is 0 Å². The molecular formula is C20H28N2O3. The highest BCUT2D eigenvalue weighted by molar-refractivity contribution is 5.86. The van der Waals surface area contributed by atoms with Gasteiger partial charge < -0.3 is 18.9 Å². The number of ether oxygens (including phenoxy) is 2. The van der Waals surface area contributed by atoms with Gasteiger partial charge >= 0.3 is 6.09 Å². The maximum Gasteiger partial charge on any atom is 0.410 e. The number of methoxy groups -OCH3 is 1. The molecule has 1 aliphatic rings. The molecule has 0 aliphatic carbocycles. The Labute approximate surface area is 149 Å². The molecule has 0 unspecified atom stereocenters. The highest BCUT2D eigenvalue weighted by Crippen LogP contribution is 2.36. The van der Waals surface area contributed by atoms with Gasteiger partial charge in [-0.05, 0) is 63.3 Å². The molecule has 1 aromatic carbocycles. The Hall–Kier alpha value is -2.17. The second-order valence-corrected chi connectivity index (χ2v) is 7.82. The molecule has 0 atom stereocenters. The van der Waals surface area contributed by atoms with Crippen molar-refractivity contribution in [3.05, 3.63) is 30.0 Å². The second-order valence-electron chi connectivity index (χ2n) is 7.82. The predicted molar refractivity (Wildman–Crippen MR) is 99.3 cm³/mol. The number of hydrogen-bond donors (Lipinski definition) is 0. The number of likely N-dealkylation sites (tertiary alicyclic amines) is 1. The van der Waals surface area contributed by atoms with Crippen molar-refractivity contribution in [2.75, 3.05) is 20.2 Å². The summed E-state index contributed by atoms with van der Waals surface area (Å²) in [5.41, 5.74) is 2.12. The maximum atomic E-state index is 12.2. The molecule has 1 aromatic heterocycles. The zero-order valence-corrected chi connectivity index (χ0v) is 15.8. The van der Waals surface area contributed by atoms with Crippen LogP contribution in [0.1, 0.15) is 45.1 Å². The number of benzene rings is 1. The van der Waals surface area contributed by atoms with Gasteiger partial charge in [-0.3, -0.25) is 0 Å². The molecule has 2 aromatic rings. The predicted octanol–water partition coefficient (Wildman–Crippen LogP) is 4.30. The van der Waals surface area contributed by atoms with Crippen molar-refractivity contribution >= 4 is 17.0 Å². The lowest BCUT2D eigenvalue weighted by molar-refractivity contribution is 0.0205. The Kier molecular flexibility index (Phi) is 4.67. The van der Waals surface area contributed by atoms with E-state index in [0.717, 1.165) is 31.7 Å². The number of carbonyl (C=O) groups excluding carboxylic acids is 1. The summed E-state index contributed by atoms with van der Waals surface area (Å²) in [6.45, 7) is 7.18.